The fourth-order valence-electron chi connectivity index (χ4n) is 8.95. The van der Waals surface area contributed by atoms with Gasteiger partial charge in [0, 0.05) is 24.1 Å². The van der Waals surface area contributed by atoms with E-state index >= 15 is 35.1 Å². The third kappa shape index (κ3) is 12.0. The van der Waals surface area contributed by atoms with E-state index in [9.17, 15) is 57.5 Å². The summed E-state index contributed by atoms with van der Waals surface area (Å²) in [5.74, 6) is -71.1. The molecule has 0 saturated heterocycles. The van der Waals surface area contributed by atoms with Gasteiger partial charge in [-0.05, 0) is 12.5 Å². The van der Waals surface area contributed by atoms with E-state index in [1.165, 1.54) is 82.6 Å². The van der Waals surface area contributed by atoms with Crippen LogP contribution in [0.25, 0.3) is 0 Å². The van der Waals surface area contributed by atoms with Crippen LogP contribution in [0.1, 0.15) is 113 Å². The fraction of sp³-hybridized carbons (Fsp3) is 0.308. The van der Waals surface area contributed by atoms with Crippen LogP contribution in [0.3, 0.4) is 0 Å². The van der Waals surface area contributed by atoms with Crippen LogP contribution < -0.4 is 26.4 Å². The van der Waals surface area contributed by atoms with E-state index in [4.69, 9.17) is 0 Å². The molecule has 2 nitrogen and oxygen atoms in total. The van der Waals surface area contributed by atoms with Crippen LogP contribution in [0.15, 0.2) is 54.7 Å². The van der Waals surface area contributed by atoms with Gasteiger partial charge < -0.3 is 0 Å². The summed E-state index contributed by atoms with van der Waals surface area (Å²) in [6.45, 7) is 3.03. The first-order valence-corrected chi connectivity index (χ1v) is 23.3. The van der Waals surface area contributed by atoms with Gasteiger partial charge in [0.25, 0.3) is 0 Å². The number of ketones is 1. The molecule has 6 aromatic rings. The lowest BCUT2D eigenvalue weighted by atomic mass is 9.12. The molecule has 1 heterocycles. The topological polar surface area (TPSA) is 20.9 Å². The summed E-state index contributed by atoms with van der Waals surface area (Å²) in [5, 5.41) is 0. The summed E-state index contributed by atoms with van der Waals surface area (Å²) < 4.78 is 296. The second-order valence-corrected chi connectivity index (χ2v) is 17.4. The second kappa shape index (κ2) is 25.9. The van der Waals surface area contributed by atoms with Gasteiger partial charge in [-0.2, -0.15) is 4.57 Å². The van der Waals surface area contributed by atoms with Crippen LogP contribution in [-0.4, -0.2) is 11.9 Å². The van der Waals surface area contributed by atoms with Crippen molar-refractivity contribution >= 4 is 33.8 Å². The van der Waals surface area contributed by atoms with Crippen molar-refractivity contribution in [2.75, 3.05) is 0 Å². The van der Waals surface area contributed by atoms with E-state index in [0.29, 0.717) is 6.42 Å². The van der Waals surface area contributed by atoms with Crippen LogP contribution in [0.5, 0.6) is 0 Å². The Kier molecular flexibility index (Phi) is 20.5. The van der Waals surface area contributed by atoms with Crippen molar-refractivity contribution in [1.29, 1.82) is 0 Å². The summed E-state index contributed by atoms with van der Waals surface area (Å²) in [6.07, 6.45) is 12.8. The van der Waals surface area contributed by atoms with E-state index in [0.717, 1.165) is 18.7 Å². The Balaban J connectivity index is 0.000000301. The Morgan fingerprint density at radius 2 is 0.613 bits per heavy atom. The van der Waals surface area contributed by atoms with E-state index in [1.807, 2.05) is 42.6 Å². The molecule has 404 valence electrons. The number of rotatable bonds is 21. The molecule has 0 amide bonds. The molecule has 23 heteroatoms. The van der Waals surface area contributed by atoms with Crippen molar-refractivity contribution in [3.63, 3.8) is 0 Å². The molecule has 0 radical (unpaired) electrons. The number of carbonyl (C=O) groups is 1. The van der Waals surface area contributed by atoms with Crippen molar-refractivity contribution in [3.8, 4) is 0 Å². The average molecular weight is 1090 g/mol. The van der Waals surface area contributed by atoms with E-state index in [-0.39, 0.29) is 5.78 Å². The van der Waals surface area contributed by atoms with E-state index in [2.05, 4.69) is 23.6 Å². The number of hydrogen-bond donors (Lipinski definition) is 0. The van der Waals surface area contributed by atoms with Crippen molar-refractivity contribution in [2.24, 2.45) is 0 Å². The number of carbonyl (C=O) groups excluding carboxylic acids is 1. The summed E-state index contributed by atoms with van der Waals surface area (Å²) in [6, 6.07) is 16.3. The van der Waals surface area contributed by atoms with Gasteiger partial charge >= 0.3 is 0 Å². The summed E-state index contributed by atoms with van der Waals surface area (Å²) in [4.78, 5) is 12.7. The number of halogens is 20. The molecule has 0 aliphatic heterocycles. The van der Waals surface area contributed by atoms with Crippen molar-refractivity contribution < 1.29 is 97.2 Å². The fourth-order valence-corrected chi connectivity index (χ4v) is 8.95. The highest BCUT2D eigenvalue weighted by Gasteiger charge is 2.52. The molecule has 0 N–H and O–H groups in total. The predicted octanol–water partition coefficient (Wildman–Crippen LogP) is 13.5. The van der Waals surface area contributed by atoms with Crippen LogP contribution in [0.4, 0.5) is 87.8 Å². The minimum atomic E-state index is -7.22. The lowest BCUT2D eigenvalue weighted by Gasteiger charge is -2.44. The molecular formula is C52H42BF20NO. The Bertz CT molecular complexity index is 2640. The highest BCUT2D eigenvalue weighted by Crippen LogP contribution is 2.31. The molecule has 1 aromatic heterocycles. The number of hydrogen-bond acceptors (Lipinski definition) is 1. The molecular weight excluding hydrogens is 1050 g/mol. The molecule has 0 atom stereocenters. The van der Waals surface area contributed by atoms with Crippen LogP contribution in [0, 0.1) is 116 Å². The quantitative estimate of drug-likeness (QED) is 0.0134. The largest absolute Gasteiger partial charge is 0.287 e. The zero-order valence-corrected chi connectivity index (χ0v) is 39.3. The molecule has 0 bridgehead atoms. The minimum Gasteiger partial charge on any atom is -0.287 e. The van der Waals surface area contributed by atoms with Gasteiger partial charge in [-0.15, -0.1) is 21.9 Å². The first-order valence-electron chi connectivity index (χ1n) is 23.3. The normalized spacial score (nSPS) is 11.6. The minimum absolute atomic E-state index is 0.273. The molecule has 75 heavy (non-hydrogen) atoms. The maximum Gasteiger partial charge on any atom is 0.248 e. The zero-order chi connectivity index (χ0) is 55.6. The number of benzene rings is 5. The lowest BCUT2D eigenvalue weighted by Crippen LogP contribution is -2.81. The Morgan fingerprint density at radius 3 is 0.920 bits per heavy atom. The number of unbranched alkanes of at least 4 members (excludes halogenated alkanes) is 12. The highest BCUT2D eigenvalue weighted by atomic mass is 19.2. The van der Waals surface area contributed by atoms with Crippen molar-refractivity contribution in [3.05, 3.63) is 182 Å². The predicted molar refractivity (Wildman–Crippen MR) is 236 cm³/mol. The van der Waals surface area contributed by atoms with Gasteiger partial charge in [-0.3, -0.25) is 4.79 Å². The monoisotopic (exact) mass is 1090 g/mol. The van der Waals surface area contributed by atoms with Gasteiger partial charge in [0.1, 0.15) is 52.7 Å². The summed E-state index contributed by atoms with van der Waals surface area (Å²) in [5.41, 5.74) is -12.3. The Morgan fingerprint density at radius 1 is 0.347 bits per heavy atom. The standard InChI is InChI=1S/C28H42NO.C24BF20/c1-2-3-4-5-6-7-8-9-10-11-12-13-17-23-28(30)27-22-18-19-24-29(27)25-26-20-15-14-16-21-26;26-5-1(6(27)14(35)21(42)13(5)34)25(2-7(28)15(36)22(43)16(37)8(2)29,3-9(30)17(38)23(44)18(39)10(3)31)4-11(32)19(40)24(45)20(41)12(4)33/h14-16,18-22,24H,2-13,17,23,25H2,1H3;/q+1;-1. The maximum atomic E-state index is 15.4. The molecule has 6 rings (SSSR count). The van der Waals surface area contributed by atoms with Gasteiger partial charge in [0.15, 0.2) is 82.5 Å². The van der Waals surface area contributed by atoms with E-state index in [1.54, 1.807) is 0 Å². The van der Waals surface area contributed by atoms with Crippen LogP contribution in [0.2, 0.25) is 0 Å². The Hall–Kier alpha value is -6.42. The highest BCUT2D eigenvalue weighted by molar-refractivity contribution is 7.20. The Labute approximate surface area is 415 Å². The molecule has 0 unspecified atom stereocenters. The molecule has 0 spiro atoms. The summed E-state index contributed by atoms with van der Waals surface area (Å²) in [7, 11) is 0. The smallest absolute Gasteiger partial charge is 0.248 e. The number of aromatic nitrogens is 1. The second-order valence-electron chi connectivity index (χ2n) is 17.4. The summed E-state index contributed by atoms with van der Waals surface area (Å²) >= 11 is 0. The SMILES string of the molecule is CCCCCCCCCCCCCCCC(=O)c1cccc[n+]1Cc1ccccc1.Fc1c(F)c(F)c([B-](c2c(F)c(F)c(F)c(F)c2F)(c2c(F)c(F)c(F)c(F)c2F)c2c(F)c(F)c(F)c(F)c2F)c(F)c1F. The lowest BCUT2D eigenvalue weighted by molar-refractivity contribution is -0.690. The third-order valence-electron chi connectivity index (χ3n) is 12.6. The maximum absolute atomic E-state index is 15.4. The third-order valence-corrected chi connectivity index (χ3v) is 12.6. The van der Waals surface area contributed by atoms with Gasteiger partial charge in [0.2, 0.25) is 11.5 Å². The van der Waals surface area contributed by atoms with Gasteiger partial charge in [-0.1, -0.05) is 114 Å². The van der Waals surface area contributed by atoms with Crippen molar-refractivity contribution in [1.82, 2.24) is 0 Å². The number of pyridine rings is 1. The molecule has 0 saturated carbocycles. The molecule has 0 fully saturated rings. The van der Waals surface area contributed by atoms with Crippen LogP contribution in [-0.2, 0) is 6.54 Å². The number of nitrogens with zero attached hydrogens (tertiary/aromatic N) is 1. The molecule has 5 aromatic carbocycles. The van der Waals surface area contributed by atoms with Gasteiger partial charge in [0.05, 0.1) is 0 Å². The van der Waals surface area contributed by atoms with Crippen molar-refractivity contribution in [2.45, 2.75) is 103 Å². The van der Waals surface area contributed by atoms with Gasteiger partial charge in [-0.25, -0.2) is 87.8 Å². The first-order chi connectivity index (χ1) is 35.5. The van der Waals surface area contributed by atoms with Crippen LogP contribution >= 0.6 is 0 Å². The van der Waals surface area contributed by atoms with E-state index < -0.39 is 144 Å². The average Bonchev–Trinajstić information content (AvgIpc) is 3.40. The zero-order valence-electron chi connectivity index (χ0n) is 39.3. The number of Topliss-reactive ketones (excluding diaryl/α,β-unsaturated/α-hetero) is 1. The molecule has 0 aliphatic carbocycles. The first kappa shape index (κ1) is 59.5. The molecule has 0 aliphatic rings.